The highest BCUT2D eigenvalue weighted by atomic mass is 35.5. The summed E-state index contributed by atoms with van der Waals surface area (Å²) >= 11 is 6.71. The van der Waals surface area contributed by atoms with Crippen molar-refractivity contribution in [3.63, 3.8) is 0 Å². The molecule has 5 heteroatoms. The van der Waals surface area contributed by atoms with Crippen LogP contribution in [0.25, 0.3) is 10.8 Å². The second-order valence-electron chi connectivity index (χ2n) is 9.80. The van der Waals surface area contributed by atoms with Crippen LogP contribution in [0.1, 0.15) is 58.9 Å². The first kappa shape index (κ1) is 20.3. The lowest BCUT2D eigenvalue weighted by Gasteiger charge is -2.37. The second kappa shape index (κ2) is 7.39. The Bertz CT molecular complexity index is 928. The maximum Gasteiger partial charge on any atom is 0.408 e. The summed E-state index contributed by atoms with van der Waals surface area (Å²) in [5.41, 5.74) is 0.851. The topological polar surface area (TPSA) is 47.6 Å². The van der Waals surface area contributed by atoms with Crippen LogP contribution in [-0.4, -0.2) is 18.8 Å². The molecule has 1 saturated carbocycles. The lowest BCUT2D eigenvalue weighted by atomic mass is 9.72. The molecule has 4 rings (SSSR count). The maximum atomic E-state index is 11.5. The van der Waals surface area contributed by atoms with Gasteiger partial charge in [0.15, 0.2) is 0 Å². The van der Waals surface area contributed by atoms with Crippen molar-refractivity contribution in [1.82, 2.24) is 5.32 Å². The number of benzene rings is 2. The SMILES string of the molecule is CC1(c2ccc3c(Cl)c(OC4CCC(C(C)(C)C)CC4)ccc3c2)COC(=O)N1. The minimum absolute atomic E-state index is 0.229. The molecule has 1 N–H and O–H groups in total. The van der Waals surface area contributed by atoms with E-state index in [9.17, 15) is 4.79 Å². The molecule has 2 fully saturated rings. The minimum atomic E-state index is -0.515. The van der Waals surface area contributed by atoms with Gasteiger partial charge in [-0.1, -0.05) is 50.6 Å². The van der Waals surface area contributed by atoms with Crippen molar-refractivity contribution in [2.24, 2.45) is 11.3 Å². The zero-order valence-electron chi connectivity index (χ0n) is 17.7. The van der Waals surface area contributed by atoms with Crippen LogP contribution in [0.4, 0.5) is 4.79 Å². The fourth-order valence-electron chi connectivity index (χ4n) is 4.60. The van der Waals surface area contributed by atoms with Crippen LogP contribution in [0.3, 0.4) is 0 Å². The van der Waals surface area contributed by atoms with E-state index in [0.717, 1.165) is 40.8 Å². The van der Waals surface area contributed by atoms with Crippen LogP contribution in [0.5, 0.6) is 5.75 Å². The number of alkyl carbamates (subject to hydrolysis) is 1. The Labute approximate surface area is 177 Å². The summed E-state index contributed by atoms with van der Waals surface area (Å²) in [7, 11) is 0. The van der Waals surface area contributed by atoms with Crippen molar-refractivity contribution in [2.75, 3.05) is 6.61 Å². The second-order valence-corrected chi connectivity index (χ2v) is 10.2. The Kier molecular flexibility index (Phi) is 5.18. The Hall–Kier alpha value is -1.94. The van der Waals surface area contributed by atoms with E-state index >= 15 is 0 Å². The molecule has 1 aliphatic heterocycles. The molecule has 1 aliphatic carbocycles. The van der Waals surface area contributed by atoms with Crippen molar-refractivity contribution in [2.45, 2.75) is 65.0 Å². The van der Waals surface area contributed by atoms with Gasteiger partial charge in [0.2, 0.25) is 0 Å². The number of nitrogens with one attached hydrogen (secondary N) is 1. The van der Waals surface area contributed by atoms with Gasteiger partial charge in [0.1, 0.15) is 12.4 Å². The van der Waals surface area contributed by atoms with Crippen LogP contribution in [0.2, 0.25) is 5.02 Å². The molecule has 2 aromatic rings. The van der Waals surface area contributed by atoms with E-state index < -0.39 is 5.54 Å². The lowest BCUT2D eigenvalue weighted by molar-refractivity contribution is 0.0884. The molecule has 29 heavy (non-hydrogen) atoms. The monoisotopic (exact) mass is 415 g/mol. The number of amides is 1. The predicted molar refractivity (Wildman–Crippen MR) is 117 cm³/mol. The van der Waals surface area contributed by atoms with Gasteiger partial charge in [0.05, 0.1) is 16.7 Å². The maximum absolute atomic E-state index is 11.5. The number of hydrogen-bond donors (Lipinski definition) is 1. The summed E-state index contributed by atoms with van der Waals surface area (Å²) in [5.74, 6) is 1.52. The number of halogens is 1. The molecule has 1 amide bonds. The third-order valence-corrected chi connectivity index (χ3v) is 7.01. The van der Waals surface area contributed by atoms with Gasteiger partial charge in [-0.2, -0.15) is 0 Å². The first-order chi connectivity index (χ1) is 13.7. The molecular formula is C24H30ClNO3. The van der Waals surface area contributed by atoms with Crippen molar-refractivity contribution in [3.8, 4) is 5.75 Å². The van der Waals surface area contributed by atoms with E-state index in [1.807, 2.05) is 31.2 Å². The number of fused-ring (bicyclic) bond motifs is 1. The van der Waals surface area contributed by atoms with Crippen molar-refractivity contribution in [3.05, 3.63) is 40.9 Å². The highest BCUT2D eigenvalue weighted by Crippen LogP contribution is 2.41. The Morgan fingerprint density at radius 1 is 1.14 bits per heavy atom. The molecule has 0 bridgehead atoms. The number of rotatable bonds is 3. The standard InChI is InChI=1S/C24H30ClNO3/c1-23(2,3)16-6-9-18(10-7-16)29-20-12-5-15-13-17(8-11-19(15)21(20)25)24(4)14-28-22(27)26-24/h5,8,11-13,16,18H,6-7,9-10,14H2,1-4H3,(H,26,27). The molecule has 1 unspecified atom stereocenters. The zero-order valence-corrected chi connectivity index (χ0v) is 18.4. The summed E-state index contributed by atoms with van der Waals surface area (Å²) in [6.45, 7) is 9.28. The van der Waals surface area contributed by atoms with Crippen LogP contribution in [-0.2, 0) is 10.3 Å². The van der Waals surface area contributed by atoms with Gasteiger partial charge in [-0.3, -0.25) is 0 Å². The van der Waals surface area contributed by atoms with Gasteiger partial charge < -0.3 is 14.8 Å². The van der Waals surface area contributed by atoms with Gasteiger partial charge in [-0.25, -0.2) is 4.79 Å². The molecule has 0 radical (unpaired) electrons. The van der Waals surface area contributed by atoms with Gasteiger partial charge in [-0.15, -0.1) is 0 Å². The van der Waals surface area contributed by atoms with E-state index in [-0.39, 0.29) is 12.2 Å². The zero-order chi connectivity index (χ0) is 20.8. The summed E-state index contributed by atoms with van der Waals surface area (Å²) in [6.07, 6.45) is 4.41. The number of carbonyl (C=O) groups is 1. The highest BCUT2D eigenvalue weighted by molar-refractivity contribution is 6.37. The van der Waals surface area contributed by atoms with E-state index in [2.05, 4.69) is 32.2 Å². The molecule has 156 valence electrons. The largest absolute Gasteiger partial charge is 0.489 e. The smallest absolute Gasteiger partial charge is 0.408 e. The molecule has 4 nitrogen and oxygen atoms in total. The third-order valence-electron chi connectivity index (χ3n) is 6.62. The van der Waals surface area contributed by atoms with Crippen molar-refractivity contribution >= 4 is 28.5 Å². The highest BCUT2D eigenvalue weighted by Gasteiger charge is 2.36. The Morgan fingerprint density at radius 2 is 1.86 bits per heavy atom. The van der Waals surface area contributed by atoms with E-state index in [4.69, 9.17) is 21.1 Å². The summed E-state index contributed by atoms with van der Waals surface area (Å²) in [5, 5.41) is 5.53. The number of hydrogen-bond acceptors (Lipinski definition) is 3. The summed E-state index contributed by atoms with van der Waals surface area (Å²) in [6, 6.07) is 10.1. The van der Waals surface area contributed by atoms with Crippen LogP contribution >= 0.6 is 11.6 Å². The Morgan fingerprint density at radius 3 is 2.48 bits per heavy atom. The molecule has 0 aromatic heterocycles. The number of carbonyl (C=O) groups excluding carboxylic acids is 1. The lowest BCUT2D eigenvalue weighted by Crippen LogP contribution is -2.37. The average Bonchev–Trinajstić information content (AvgIpc) is 3.03. The molecule has 1 heterocycles. The van der Waals surface area contributed by atoms with E-state index in [1.165, 1.54) is 12.8 Å². The number of cyclic esters (lactones) is 1. The van der Waals surface area contributed by atoms with Crippen LogP contribution in [0, 0.1) is 11.3 Å². The summed E-state index contributed by atoms with van der Waals surface area (Å²) < 4.78 is 11.4. The third kappa shape index (κ3) is 4.05. The molecule has 2 aromatic carbocycles. The van der Waals surface area contributed by atoms with E-state index in [0.29, 0.717) is 17.0 Å². The first-order valence-electron chi connectivity index (χ1n) is 10.5. The molecule has 1 saturated heterocycles. The molecular weight excluding hydrogens is 386 g/mol. The Balaban J connectivity index is 1.51. The van der Waals surface area contributed by atoms with Crippen molar-refractivity contribution < 1.29 is 14.3 Å². The fraction of sp³-hybridized carbons (Fsp3) is 0.542. The van der Waals surface area contributed by atoms with Gasteiger partial charge in [-0.05, 0) is 67.0 Å². The quantitative estimate of drug-likeness (QED) is 0.628. The minimum Gasteiger partial charge on any atom is -0.489 e. The van der Waals surface area contributed by atoms with E-state index in [1.54, 1.807) is 0 Å². The molecule has 0 spiro atoms. The first-order valence-corrected chi connectivity index (χ1v) is 10.9. The van der Waals surface area contributed by atoms with Crippen molar-refractivity contribution in [1.29, 1.82) is 0 Å². The van der Waals surface area contributed by atoms with Gasteiger partial charge >= 0.3 is 6.09 Å². The average molecular weight is 416 g/mol. The summed E-state index contributed by atoms with van der Waals surface area (Å²) in [4.78, 5) is 11.5. The molecule has 1 atom stereocenters. The molecule has 2 aliphatic rings. The number of ether oxygens (including phenoxy) is 2. The van der Waals surface area contributed by atoms with Crippen LogP contribution < -0.4 is 10.1 Å². The predicted octanol–water partition coefficient (Wildman–Crippen LogP) is 6.43. The van der Waals surface area contributed by atoms with Gasteiger partial charge in [0.25, 0.3) is 0 Å². The van der Waals surface area contributed by atoms with Crippen LogP contribution in [0.15, 0.2) is 30.3 Å². The normalized spacial score (nSPS) is 27.6. The van der Waals surface area contributed by atoms with Gasteiger partial charge in [0, 0.05) is 5.39 Å². The fourth-order valence-corrected chi connectivity index (χ4v) is 4.87.